The predicted molar refractivity (Wildman–Crippen MR) is 124 cm³/mol. The van der Waals surface area contributed by atoms with Crippen molar-refractivity contribution in [1.29, 1.82) is 0 Å². The first-order chi connectivity index (χ1) is 16.9. The SMILES string of the molecule is O=C(C[C@@]1(COc2ccc(F)cc2)CCCN(C(=O)COc2cccc(F)c2)C1)N1CCOCC1. The second-order valence-corrected chi connectivity index (χ2v) is 9.08. The summed E-state index contributed by atoms with van der Waals surface area (Å²) in [5.41, 5.74) is -0.601. The molecule has 0 saturated carbocycles. The quantitative estimate of drug-likeness (QED) is 0.571. The maximum atomic E-state index is 13.4. The number of benzene rings is 2. The van der Waals surface area contributed by atoms with Crippen molar-refractivity contribution in [1.82, 2.24) is 9.80 Å². The molecule has 2 aromatic rings. The number of piperidine rings is 1. The number of amides is 2. The average molecular weight is 489 g/mol. The minimum absolute atomic E-state index is 0.00122. The Hall–Kier alpha value is -3.20. The molecule has 7 nitrogen and oxygen atoms in total. The summed E-state index contributed by atoms with van der Waals surface area (Å²) >= 11 is 0. The van der Waals surface area contributed by atoms with Gasteiger partial charge < -0.3 is 24.0 Å². The molecule has 0 aliphatic carbocycles. The van der Waals surface area contributed by atoms with E-state index in [2.05, 4.69) is 0 Å². The van der Waals surface area contributed by atoms with E-state index in [-0.39, 0.29) is 43.0 Å². The number of morpholine rings is 1. The van der Waals surface area contributed by atoms with E-state index in [1.807, 2.05) is 0 Å². The van der Waals surface area contributed by atoms with Crippen LogP contribution in [0.4, 0.5) is 8.78 Å². The van der Waals surface area contributed by atoms with Crippen LogP contribution in [0.25, 0.3) is 0 Å². The van der Waals surface area contributed by atoms with Gasteiger partial charge in [0.25, 0.3) is 5.91 Å². The maximum Gasteiger partial charge on any atom is 0.260 e. The van der Waals surface area contributed by atoms with Crippen LogP contribution >= 0.6 is 0 Å². The first kappa shape index (κ1) is 24.9. The normalized spacial score (nSPS) is 20.4. The van der Waals surface area contributed by atoms with E-state index in [1.165, 1.54) is 30.3 Å². The fourth-order valence-electron chi connectivity index (χ4n) is 4.54. The third-order valence-corrected chi connectivity index (χ3v) is 6.42. The fourth-order valence-corrected chi connectivity index (χ4v) is 4.54. The summed E-state index contributed by atoms with van der Waals surface area (Å²) in [6, 6.07) is 11.4. The Labute approximate surface area is 203 Å². The summed E-state index contributed by atoms with van der Waals surface area (Å²) in [5, 5.41) is 0. The highest BCUT2D eigenvalue weighted by Gasteiger charge is 2.41. The largest absolute Gasteiger partial charge is 0.493 e. The van der Waals surface area contributed by atoms with Gasteiger partial charge in [0.2, 0.25) is 5.91 Å². The summed E-state index contributed by atoms with van der Waals surface area (Å²) in [6.45, 7) is 2.94. The van der Waals surface area contributed by atoms with E-state index in [9.17, 15) is 18.4 Å². The van der Waals surface area contributed by atoms with E-state index in [4.69, 9.17) is 14.2 Å². The molecule has 2 aliphatic heterocycles. The first-order valence-electron chi connectivity index (χ1n) is 11.8. The molecule has 0 aromatic heterocycles. The number of likely N-dealkylation sites (tertiary alicyclic amines) is 1. The van der Waals surface area contributed by atoms with Crippen molar-refractivity contribution in [2.75, 3.05) is 52.6 Å². The highest BCUT2D eigenvalue weighted by atomic mass is 19.1. The van der Waals surface area contributed by atoms with Gasteiger partial charge in [0.1, 0.15) is 23.1 Å². The molecule has 0 spiro atoms. The molecule has 2 amide bonds. The first-order valence-corrected chi connectivity index (χ1v) is 11.8. The maximum absolute atomic E-state index is 13.4. The number of rotatable bonds is 8. The molecule has 2 aromatic carbocycles. The molecule has 2 saturated heterocycles. The van der Waals surface area contributed by atoms with E-state index in [0.717, 1.165) is 0 Å². The average Bonchev–Trinajstić information content (AvgIpc) is 2.88. The third-order valence-electron chi connectivity index (χ3n) is 6.42. The monoisotopic (exact) mass is 488 g/mol. The van der Waals surface area contributed by atoms with E-state index < -0.39 is 11.2 Å². The lowest BCUT2D eigenvalue weighted by molar-refractivity contribution is -0.144. The van der Waals surface area contributed by atoms with Gasteiger partial charge in [-0.15, -0.1) is 0 Å². The van der Waals surface area contributed by atoms with Crippen LogP contribution in [-0.2, 0) is 14.3 Å². The lowest BCUT2D eigenvalue weighted by Crippen LogP contribution is -2.52. The fraction of sp³-hybridized carbons (Fsp3) is 0.462. The molecule has 2 aliphatic rings. The molecule has 4 rings (SSSR count). The molecule has 1 atom stereocenters. The molecule has 9 heteroatoms. The van der Waals surface area contributed by atoms with Gasteiger partial charge in [-0.05, 0) is 49.2 Å². The number of hydrogen-bond donors (Lipinski definition) is 0. The molecule has 188 valence electrons. The van der Waals surface area contributed by atoms with Crippen LogP contribution in [0.5, 0.6) is 11.5 Å². The Morgan fingerprint density at radius 2 is 1.66 bits per heavy atom. The topological polar surface area (TPSA) is 68.3 Å². The zero-order valence-corrected chi connectivity index (χ0v) is 19.6. The van der Waals surface area contributed by atoms with Crippen LogP contribution in [0.3, 0.4) is 0 Å². The molecular formula is C26H30F2N2O5. The van der Waals surface area contributed by atoms with Gasteiger partial charge in [0.05, 0.1) is 19.8 Å². The Bertz CT molecular complexity index is 1010. The van der Waals surface area contributed by atoms with Gasteiger partial charge in [-0.1, -0.05) is 6.07 Å². The lowest BCUT2D eigenvalue weighted by atomic mass is 9.77. The summed E-state index contributed by atoms with van der Waals surface area (Å²) in [5.74, 6) is -0.250. The molecule has 0 unspecified atom stereocenters. The highest BCUT2D eigenvalue weighted by Crippen LogP contribution is 2.35. The summed E-state index contributed by atoms with van der Waals surface area (Å²) < 4.78 is 43.6. The van der Waals surface area contributed by atoms with Crippen molar-refractivity contribution in [3.8, 4) is 11.5 Å². The molecular weight excluding hydrogens is 458 g/mol. The zero-order chi connectivity index (χ0) is 24.7. The van der Waals surface area contributed by atoms with Gasteiger partial charge in [-0.2, -0.15) is 0 Å². The van der Waals surface area contributed by atoms with Gasteiger partial charge in [0.15, 0.2) is 6.61 Å². The number of ether oxygens (including phenoxy) is 3. The van der Waals surface area contributed by atoms with Crippen LogP contribution in [0, 0.1) is 17.0 Å². The van der Waals surface area contributed by atoms with Gasteiger partial charge in [-0.25, -0.2) is 8.78 Å². The highest BCUT2D eigenvalue weighted by molar-refractivity contribution is 5.79. The van der Waals surface area contributed by atoms with Crippen molar-refractivity contribution in [2.24, 2.45) is 5.41 Å². The van der Waals surface area contributed by atoms with Crippen LogP contribution in [0.1, 0.15) is 19.3 Å². The van der Waals surface area contributed by atoms with Gasteiger partial charge in [-0.3, -0.25) is 9.59 Å². The van der Waals surface area contributed by atoms with Crippen LogP contribution < -0.4 is 9.47 Å². The van der Waals surface area contributed by atoms with Crippen molar-refractivity contribution < 1.29 is 32.6 Å². The Balaban J connectivity index is 1.44. The molecule has 35 heavy (non-hydrogen) atoms. The minimum atomic E-state index is -0.601. The second-order valence-electron chi connectivity index (χ2n) is 9.08. The minimum Gasteiger partial charge on any atom is -0.493 e. The molecule has 2 fully saturated rings. The van der Waals surface area contributed by atoms with Gasteiger partial charge >= 0.3 is 0 Å². The smallest absolute Gasteiger partial charge is 0.260 e. The van der Waals surface area contributed by atoms with Crippen LogP contribution in [0.15, 0.2) is 48.5 Å². The number of nitrogens with zero attached hydrogens (tertiary/aromatic N) is 2. The van der Waals surface area contributed by atoms with Crippen LogP contribution in [-0.4, -0.2) is 74.2 Å². The molecule has 2 heterocycles. The summed E-state index contributed by atoms with van der Waals surface area (Å²) in [6.07, 6.45) is 1.64. The number of carbonyl (C=O) groups excluding carboxylic acids is 2. The van der Waals surface area contributed by atoms with Crippen LogP contribution in [0.2, 0.25) is 0 Å². The van der Waals surface area contributed by atoms with E-state index in [0.29, 0.717) is 58.0 Å². The van der Waals surface area contributed by atoms with E-state index >= 15 is 0 Å². The van der Waals surface area contributed by atoms with Crippen molar-refractivity contribution in [3.63, 3.8) is 0 Å². The summed E-state index contributed by atoms with van der Waals surface area (Å²) in [7, 11) is 0. The number of carbonyl (C=O) groups is 2. The van der Waals surface area contributed by atoms with Crippen molar-refractivity contribution in [2.45, 2.75) is 19.3 Å². The Kier molecular flexibility index (Phi) is 8.17. The number of hydrogen-bond acceptors (Lipinski definition) is 5. The Morgan fingerprint density at radius 3 is 2.40 bits per heavy atom. The zero-order valence-electron chi connectivity index (χ0n) is 19.6. The predicted octanol–water partition coefficient (Wildman–Crippen LogP) is 3.28. The Morgan fingerprint density at radius 1 is 0.886 bits per heavy atom. The van der Waals surface area contributed by atoms with Gasteiger partial charge in [0, 0.05) is 44.1 Å². The molecule has 0 radical (unpaired) electrons. The third kappa shape index (κ3) is 6.91. The molecule has 0 bridgehead atoms. The summed E-state index contributed by atoms with van der Waals surface area (Å²) in [4.78, 5) is 29.6. The van der Waals surface area contributed by atoms with Crippen molar-refractivity contribution >= 4 is 11.8 Å². The second kappa shape index (κ2) is 11.5. The standard InChI is InChI=1S/C26H30F2N2O5/c27-20-5-7-22(8-6-20)35-19-26(16-24(31)29-11-13-33-14-12-29)9-2-10-30(18-26)25(32)17-34-23-4-1-3-21(28)15-23/h1,3-8,15H,2,9-14,16-19H2/t26-/m0/s1. The number of halogens is 2. The van der Waals surface area contributed by atoms with Crippen molar-refractivity contribution in [3.05, 3.63) is 60.2 Å². The lowest BCUT2D eigenvalue weighted by Gasteiger charge is -2.43. The molecule has 0 N–H and O–H groups in total. The van der Waals surface area contributed by atoms with E-state index in [1.54, 1.807) is 28.0 Å².